The number of hydrogen-bond donors (Lipinski definition) is 1. The minimum Gasteiger partial charge on any atom is -0.348 e. The first-order valence-corrected chi connectivity index (χ1v) is 9.44. The number of nitrogens with one attached hydrogen (secondary N) is 1. The highest BCUT2D eigenvalue weighted by Gasteiger charge is 2.19. The summed E-state index contributed by atoms with van der Waals surface area (Å²) in [6.45, 7) is 10.3. The predicted molar refractivity (Wildman–Crippen MR) is 110 cm³/mol. The van der Waals surface area contributed by atoms with Gasteiger partial charge < -0.3 is 5.32 Å². The third-order valence-corrected chi connectivity index (χ3v) is 4.98. The van der Waals surface area contributed by atoms with Gasteiger partial charge in [-0.05, 0) is 75.1 Å². The van der Waals surface area contributed by atoms with E-state index >= 15 is 0 Å². The van der Waals surface area contributed by atoms with Gasteiger partial charge in [0.1, 0.15) is 5.69 Å². The van der Waals surface area contributed by atoms with Crippen molar-refractivity contribution in [3.05, 3.63) is 70.9 Å². The summed E-state index contributed by atoms with van der Waals surface area (Å²) in [5.41, 5.74) is 6.84. The van der Waals surface area contributed by atoms with Crippen molar-refractivity contribution in [3.63, 3.8) is 0 Å². The number of nitrogens with zero attached hydrogens (tertiary/aromatic N) is 2. The Kier molecular flexibility index (Phi) is 5.45. The lowest BCUT2D eigenvalue weighted by Gasteiger charge is -2.12. The molecule has 1 atom stereocenters. The molecule has 1 N–H and O–H groups in total. The number of hydrogen-bond acceptors (Lipinski definition) is 2. The maximum Gasteiger partial charge on any atom is 0.270 e. The topological polar surface area (TPSA) is 46.9 Å². The Hall–Kier alpha value is -2.88. The molecular weight excluding hydrogens is 334 g/mol. The van der Waals surface area contributed by atoms with Crippen LogP contribution in [0, 0.1) is 20.8 Å². The first-order chi connectivity index (χ1) is 12.9. The molecule has 27 heavy (non-hydrogen) atoms. The maximum atomic E-state index is 12.9. The van der Waals surface area contributed by atoms with Crippen LogP contribution >= 0.6 is 0 Å². The van der Waals surface area contributed by atoms with Crippen LogP contribution in [-0.4, -0.2) is 21.7 Å². The summed E-state index contributed by atoms with van der Waals surface area (Å²) < 4.78 is 1.75. The Morgan fingerprint density at radius 2 is 1.85 bits per heavy atom. The molecule has 1 amide bonds. The smallest absolute Gasteiger partial charge is 0.270 e. The Balaban J connectivity index is 2.10. The predicted octanol–water partition coefficient (Wildman–Crippen LogP) is 4.99. The Bertz CT molecular complexity index is 972. The molecule has 0 aliphatic heterocycles. The van der Waals surface area contributed by atoms with Gasteiger partial charge in [-0.1, -0.05) is 31.2 Å². The van der Waals surface area contributed by atoms with Crippen LogP contribution in [0.2, 0.25) is 0 Å². The average Bonchev–Trinajstić information content (AvgIpc) is 3.09. The van der Waals surface area contributed by atoms with E-state index in [9.17, 15) is 4.79 Å². The van der Waals surface area contributed by atoms with Gasteiger partial charge in [0.15, 0.2) is 0 Å². The van der Waals surface area contributed by atoms with E-state index in [4.69, 9.17) is 5.10 Å². The van der Waals surface area contributed by atoms with Gasteiger partial charge in [-0.15, -0.1) is 0 Å². The summed E-state index contributed by atoms with van der Waals surface area (Å²) in [6, 6.07) is 16.3. The summed E-state index contributed by atoms with van der Waals surface area (Å²) in [7, 11) is 0. The largest absolute Gasteiger partial charge is 0.348 e. The lowest BCUT2D eigenvalue weighted by molar-refractivity contribution is 0.0931. The molecule has 0 saturated carbocycles. The van der Waals surface area contributed by atoms with E-state index in [-0.39, 0.29) is 11.9 Å². The second kappa shape index (κ2) is 7.78. The SMILES string of the molecule is CC[C@@H](C)NC(=O)c1cc(-c2ccc(C)c(C)c2)nn1-c1cccc(C)c1. The minimum atomic E-state index is -0.103. The summed E-state index contributed by atoms with van der Waals surface area (Å²) in [4.78, 5) is 12.9. The van der Waals surface area contributed by atoms with Gasteiger partial charge >= 0.3 is 0 Å². The number of carbonyl (C=O) groups excluding carboxylic acids is 1. The highest BCUT2D eigenvalue weighted by Crippen LogP contribution is 2.24. The molecule has 2 aromatic carbocycles. The molecule has 140 valence electrons. The second-order valence-electron chi connectivity index (χ2n) is 7.25. The molecule has 0 unspecified atom stereocenters. The van der Waals surface area contributed by atoms with Crippen LogP contribution in [0.25, 0.3) is 16.9 Å². The first-order valence-electron chi connectivity index (χ1n) is 9.44. The molecular formula is C23H27N3O. The minimum absolute atomic E-state index is 0.103. The van der Waals surface area contributed by atoms with Crippen LogP contribution in [0.3, 0.4) is 0 Å². The summed E-state index contributed by atoms with van der Waals surface area (Å²) in [5.74, 6) is -0.103. The fourth-order valence-corrected chi connectivity index (χ4v) is 2.94. The van der Waals surface area contributed by atoms with Gasteiger partial charge in [0.05, 0.1) is 11.4 Å². The van der Waals surface area contributed by atoms with Crippen LogP contribution in [0.5, 0.6) is 0 Å². The van der Waals surface area contributed by atoms with Gasteiger partial charge in [0, 0.05) is 11.6 Å². The zero-order valence-corrected chi connectivity index (χ0v) is 16.7. The number of aromatic nitrogens is 2. The van der Waals surface area contributed by atoms with Gasteiger partial charge in [0.25, 0.3) is 5.91 Å². The zero-order chi connectivity index (χ0) is 19.6. The normalized spacial score (nSPS) is 12.0. The standard InChI is InChI=1S/C23H27N3O/c1-6-18(5)24-23(27)22-14-21(19-11-10-16(3)17(4)13-19)25-26(22)20-9-7-8-15(2)12-20/h7-14,18H,6H2,1-5H3,(H,24,27)/t18-/m1/s1. The van der Waals surface area contributed by atoms with Crippen molar-refractivity contribution < 1.29 is 4.79 Å². The quantitative estimate of drug-likeness (QED) is 0.696. The third-order valence-electron chi connectivity index (χ3n) is 4.98. The van der Waals surface area contributed by atoms with Crippen molar-refractivity contribution in [2.45, 2.75) is 47.1 Å². The second-order valence-corrected chi connectivity index (χ2v) is 7.25. The molecule has 0 bridgehead atoms. The Morgan fingerprint density at radius 1 is 1.07 bits per heavy atom. The van der Waals surface area contributed by atoms with Crippen molar-refractivity contribution in [3.8, 4) is 16.9 Å². The molecule has 0 aliphatic carbocycles. The molecule has 0 fully saturated rings. The maximum absolute atomic E-state index is 12.9. The van der Waals surface area contributed by atoms with Crippen LogP contribution < -0.4 is 5.32 Å². The monoisotopic (exact) mass is 361 g/mol. The van der Waals surface area contributed by atoms with E-state index < -0.39 is 0 Å². The van der Waals surface area contributed by atoms with Gasteiger partial charge in [-0.3, -0.25) is 4.79 Å². The summed E-state index contributed by atoms with van der Waals surface area (Å²) in [6.07, 6.45) is 0.883. The number of carbonyl (C=O) groups is 1. The molecule has 0 spiro atoms. The Morgan fingerprint density at radius 3 is 2.52 bits per heavy atom. The Labute approximate surface area is 161 Å². The lowest BCUT2D eigenvalue weighted by Crippen LogP contribution is -2.33. The van der Waals surface area contributed by atoms with Crippen molar-refractivity contribution in [1.82, 2.24) is 15.1 Å². The van der Waals surface area contributed by atoms with Gasteiger partial charge in [-0.25, -0.2) is 4.68 Å². The van der Waals surface area contributed by atoms with E-state index in [0.29, 0.717) is 5.69 Å². The number of benzene rings is 2. The molecule has 4 nitrogen and oxygen atoms in total. The average molecular weight is 361 g/mol. The highest BCUT2D eigenvalue weighted by molar-refractivity contribution is 5.94. The molecule has 3 aromatic rings. The van der Waals surface area contributed by atoms with E-state index in [0.717, 1.165) is 28.9 Å². The third kappa shape index (κ3) is 4.11. The van der Waals surface area contributed by atoms with Gasteiger partial charge in [-0.2, -0.15) is 5.10 Å². The highest BCUT2D eigenvalue weighted by atomic mass is 16.2. The fourth-order valence-electron chi connectivity index (χ4n) is 2.94. The van der Waals surface area contributed by atoms with E-state index in [1.807, 2.05) is 44.2 Å². The van der Waals surface area contributed by atoms with Crippen LogP contribution in [-0.2, 0) is 0 Å². The van der Waals surface area contributed by atoms with Crippen LogP contribution in [0.1, 0.15) is 47.4 Å². The zero-order valence-electron chi connectivity index (χ0n) is 16.7. The molecule has 0 saturated heterocycles. The first kappa shape index (κ1) is 18.9. The van der Waals surface area contributed by atoms with Crippen LogP contribution in [0.4, 0.5) is 0 Å². The number of amides is 1. The lowest BCUT2D eigenvalue weighted by atomic mass is 10.0. The molecule has 1 aromatic heterocycles. The molecule has 0 aliphatic rings. The van der Waals surface area contributed by atoms with Gasteiger partial charge in [0.2, 0.25) is 0 Å². The molecule has 3 rings (SSSR count). The van der Waals surface area contributed by atoms with Crippen molar-refractivity contribution >= 4 is 5.91 Å². The van der Waals surface area contributed by atoms with Crippen molar-refractivity contribution in [1.29, 1.82) is 0 Å². The van der Waals surface area contributed by atoms with E-state index in [1.54, 1.807) is 4.68 Å². The van der Waals surface area contributed by atoms with Crippen LogP contribution in [0.15, 0.2) is 48.5 Å². The van der Waals surface area contributed by atoms with Crippen molar-refractivity contribution in [2.75, 3.05) is 0 Å². The summed E-state index contributed by atoms with van der Waals surface area (Å²) in [5, 5.41) is 7.83. The molecule has 1 heterocycles. The molecule has 0 radical (unpaired) electrons. The van der Waals surface area contributed by atoms with E-state index in [2.05, 4.69) is 44.3 Å². The van der Waals surface area contributed by atoms with Crippen molar-refractivity contribution in [2.24, 2.45) is 0 Å². The number of rotatable bonds is 5. The molecule has 4 heteroatoms. The number of aryl methyl sites for hydroxylation is 3. The van der Waals surface area contributed by atoms with E-state index in [1.165, 1.54) is 11.1 Å². The fraction of sp³-hybridized carbons (Fsp3) is 0.304. The summed E-state index contributed by atoms with van der Waals surface area (Å²) >= 11 is 0.